The summed E-state index contributed by atoms with van der Waals surface area (Å²) in [5.74, 6) is 1.08. The van der Waals surface area contributed by atoms with Gasteiger partial charge in [-0.15, -0.1) is 0 Å². The lowest BCUT2D eigenvalue weighted by Crippen LogP contribution is -2.30. The van der Waals surface area contributed by atoms with Crippen molar-refractivity contribution >= 4 is 22.8 Å². The first-order valence-corrected chi connectivity index (χ1v) is 6.44. The van der Waals surface area contributed by atoms with E-state index in [1.165, 1.54) is 19.3 Å². The molecule has 1 amide bonds. The maximum Gasteiger partial charge on any atom is 0.411 e. The molecule has 2 aromatic rings. The summed E-state index contributed by atoms with van der Waals surface area (Å²) in [5, 5.41) is 0.965. The second kappa shape index (κ2) is 4.79. The number of hydrogen-bond donors (Lipinski definition) is 2. The number of carbonyl (C=O) groups excluding carboxylic acids is 1. The lowest BCUT2D eigenvalue weighted by Gasteiger charge is -2.27. The number of carbonyl (C=O) groups is 1. The maximum atomic E-state index is 11.0. The smallest absolute Gasteiger partial charge is 0.389 e. The third kappa shape index (κ3) is 2.33. The number of nitrogens with one attached hydrogen (secondary N) is 1. The molecule has 0 unspecified atom stereocenters. The van der Waals surface area contributed by atoms with Crippen molar-refractivity contribution in [2.75, 3.05) is 18.0 Å². The summed E-state index contributed by atoms with van der Waals surface area (Å²) in [4.78, 5) is 20.6. The van der Waals surface area contributed by atoms with Gasteiger partial charge in [0.25, 0.3) is 5.88 Å². The summed E-state index contributed by atoms with van der Waals surface area (Å²) < 4.78 is 4.99. The van der Waals surface area contributed by atoms with Gasteiger partial charge in [-0.3, -0.25) is 0 Å². The number of anilines is 1. The van der Waals surface area contributed by atoms with Crippen LogP contribution in [-0.2, 0) is 0 Å². The van der Waals surface area contributed by atoms with Crippen LogP contribution in [0.4, 0.5) is 10.6 Å². The molecule has 1 fully saturated rings. The van der Waals surface area contributed by atoms with Crippen LogP contribution in [-0.4, -0.2) is 29.2 Å². The minimum Gasteiger partial charge on any atom is -0.389 e. The van der Waals surface area contributed by atoms with Gasteiger partial charge in [-0.25, -0.2) is 4.79 Å². The number of fused-ring (bicyclic) bond motifs is 1. The summed E-state index contributed by atoms with van der Waals surface area (Å²) in [6.07, 6.45) is 4.53. The van der Waals surface area contributed by atoms with Crippen molar-refractivity contribution in [3.63, 3.8) is 0 Å². The number of amides is 1. The van der Waals surface area contributed by atoms with Gasteiger partial charge in [0, 0.05) is 24.7 Å². The van der Waals surface area contributed by atoms with Crippen molar-refractivity contribution < 1.29 is 9.53 Å². The molecule has 0 aliphatic carbocycles. The van der Waals surface area contributed by atoms with Gasteiger partial charge in [0.1, 0.15) is 11.3 Å². The molecule has 1 saturated heterocycles. The second-order valence-corrected chi connectivity index (χ2v) is 4.70. The zero-order valence-electron chi connectivity index (χ0n) is 10.6. The molecule has 6 nitrogen and oxygen atoms in total. The number of ether oxygens (including phenoxy) is 1. The van der Waals surface area contributed by atoms with Gasteiger partial charge >= 0.3 is 6.09 Å². The van der Waals surface area contributed by atoms with Crippen LogP contribution in [0.2, 0.25) is 0 Å². The van der Waals surface area contributed by atoms with Gasteiger partial charge in [0.2, 0.25) is 0 Å². The highest BCUT2D eigenvalue weighted by atomic mass is 16.6. The number of pyridine rings is 1. The van der Waals surface area contributed by atoms with E-state index < -0.39 is 6.09 Å². The highest BCUT2D eigenvalue weighted by Gasteiger charge is 2.16. The van der Waals surface area contributed by atoms with Crippen molar-refractivity contribution in [3.8, 4) is 5.88 Å². The monoisotopic (exact) mass is 260 g/mol. The highest BCUT2D eigenvalue weighted by Crippen LogP contribution is 2.28. The molecule has 0 saturated carbocycles. The molecule has 0 bridgehead atoms. The molecule has 0 radical (unpaired) electrons. The van der Waals surface area contributed by atoms with Crippen molar-refractivity contribution in [2.24, 2.45) is 5.73 Å². The van der Waals surface area contributed by atoms with E-state index in [1.807, 2.05) is 12.1 Å². The van der Waals surface area contributed by atoms with E-state index in [0.29, 0.717) is 5.52 Å². The summed E-state index contributed by atoms with van der Waals surface area (Å²) in [5.41, 5.74) is 5.78. The number of piperidine rings is 1. The standard InChI is InChI=1S/C13H16N4O2/c14-13(18)19-12-11-9(4-5-15-11)8-10(16-12)17-6-2-1-3-7-17/h4-5,8,15H,1-3,6-7H2,(H2,14,18). The van der Waals surface area contributed by atoms with Crippen LogP contribution in [0.3, 0.4) is 0 Å². The molecule has 0 spiro atoms. The van der Waals surface area contributed by atoms with Crippen LogP contribution in [0.5, 0.6) is 5.88 Å². The van der Waals surface area contributed by atoms with E-state index in [9.17, 15) is 4.79 Å². The fourth-order valence-corrected chi connectivity index (χ4v) is 2.47. The van der Waals surface area contributed by atoms with Crippen molar-refractivity contribution in [1.82, 2.24) is 9.97 Å². The predicted molar refractivity (Wildman–Crippen MR) is 72.4 cm³/mol. The summed E-state index contributed by atoms with van der Waals surface area (Å²) in [6, 6.07) is 3.93. The van der Waals surface area contributed by atoms with E-state index in [4.69, 9.17) is 10.5 Å². The number of nitrogens with zero attached hydrogens (tertiary/aromatic N) is 2. The molecule has 1 aliphatic rings. The number of nitrogens with two attached hydrogens (primary N) is 1. The molecular weight excluding hydrogens is 244 g/mol. The minimum absolute atomic E-state index is 0.246. The van der Waals surface area contributed by atoms with Crippen molar-refractivity contribution in [3.05, 3.63) is 18.3 Å². The molecule has 3 heterocycles. The van der Waals surface area contributed by atoms with Crippen molar-refractivity contribution in [1.29, 1.82) is 0 Å². The average Bonchev–Trinajstić information content (AvgIpc) is 2.87. The van der Waals surface area contributed by atoms with E-state index in [-0.39, 0.29) is 5.88 Å². The second-order valence-electron chi connectivity index (χ2n) is 4.70. The van der Waals surface area contributed by atoms with Gasteiger partial charge in [-0.2, -0.15) is 4.98 Å². The molecule has 6 heteroatoms. The molecular formula is C13H16N4O2. The summed E-state index contributed by atoms with van der Waals surface area (Å²) in [6.45, 7) is 1.97. The SMILES string of the molecule is NC(=O)Oc1nc(N2CCCCC2)cc2cc[nH]c12. The summed E-state index contributed by atoms with van der Waals surface area (Å²) >= 11 is 0. The molecule has 0 aromatic carbocycles. The van der Waals surface area contributed by atoms with E-state index in [1.54, 1.807) is 6.20 Å². The molecule has 3 N–H and O–H groups in total. The Kier molecular flexibility index (Phi) is 2.98. The van der Waals surface area contributed by atoms with Crippen LogP contribution in [0.15, 0.2) is 18.3 Å². The first kappa shape index (κ1) is 11.8. The number of H-pyrrole nitrogens is 1. The third-order valence-electron chi connectivity index (χ3n) is 3.37. The number of aromatic amines is 1. The van der Waals surface area contributed by atoms with Gasteiger partial charge in [-0.1, -0.05) is 0 Å². The van der Waals surface area contributed by atoms with Gasteiger partial charge in [-0.05, 0) is 31.4 Å². The zero-order chi connectivity index (χ0) is 13.2. The Labute approximate surface area is 110 Å². The fraction of sp³-hybridized carbons (Fsp3) is 0.385. The number of aromatic nitrogens is 2. The number of rotatable bonds is 2. The Morgan fingerprint density at radius 2 is 2.16 bits per heavy atom. The molecule has 2 aromatic heterocycles. The van der Waals surface area contributed by atoms with Gasteiger partial charge in [0.05, 0.1) is 0 Å². The predicted octanol–water partition coefficient (Wildman–Crippen LogP) is 2.01. The number of primary amides is 1. The zero-order valence-corrected chi connectivity index (χ0v) is 10.6. The average molecular weight is 260 g/mol. The van der Waals surface area contributed by atoms with Crippen LogP contribution in [0.1, 0.15) is 19.3 Å². The summed E-state index contributed by atoms with van der Waals surface area (Å²) in [7, 11) is 0. The lowest BCUT2D eigenvalue weighted by atomic mass is 10.1. The van der Waals surface area contributed by atoms with Crippen LogP contribution in [0.25, 0.3) is 10.9 Å². The van der Waals surface area contributed by atoms with Crippen LogP contribution >= 0.6 is 0 Å². The van der Waals surface area contributed by atoms with Crippen LogP contribution in [0, 0.1) is 0 Å². The van der Waals surface area contributed by atoms with E-state index in [2.05, 4.69) is 14.9 Å². The molecule has 19 heavy (non-hydrogen) atoms. The Morgan fingerprint density at radius 1 is 1.37 bits per heavy atom. The van der Waals surface area contributed by atoms with Gasteiger partial charge in [0.15, 0.2) is 0 Å². The Morgan fingerprint density at radius 3 is 2.89 bits per heavy atom. The van der Waals surface area contributed by atoms with E-state index >= 15 is 0 Å². The molecule has 100 valence electrons. The number of hydrogen-bond acceptors (Lipinski definition) is 4. The fourth-order valence-electron chi connectivity index (χ4n) is 2.47. The Bertz CT molecular complexity index is 602. The van der Waals surface area contributed by atoms with Gasteiger partial charge < -0.3 is 20.4 Å². The Balaban J connectivity index is 2.02. The minimum atomic E-state index is -0.848. The van der Waals surface area contributed by atoms with Crippen molar-refractivity contribution in [2.45, 2.75) is 19.3 Å². The largest absolute Gasteiger partial charge is 0.411 e. The Hall–Kier alpha value is -2.24. The molecule has 3 rings (SSSR count). The quantitative estimate of drug-likeness (QED) is 0.865. The first-order chi connectivity index (χ1) is 9.24. The third-order valence-corrected chi connectivity index (χ3v) is 3.37. The highest BCUT2D eigenvalue weighted by molar-refractivity contribution is 5.88. The lowest BCUT2D eigenvalue weighted by molar-refractivity contribution is 0.209. The maximum absolute atomic E-state index is 11.0. The topological polar surface area (TPSA) is 84.2 Å². The van der Waals surface area contributed by atoms with Crippen LogP contribution < -0.4 is 15.4 Å². The first-order valence-electron chi connectivity index (χ1n) is 6.44. The molecule has 1 aliphatic heterocycles. The normalized spacial score (nSPS) is 15.7. The molecule has 0 atom stereocenters. The van der Waals surface area contributed by atoms with E-state index in [0.717, 1.165) is 24.3 Å².